The summed E-state index contributed by atoms with van der Waals surface area (Å²) in [6.07, 6.45) is 0.898. The van der Waals surface area contributed by atoms with Gasteiger partial charge in [-0.1, -0.05) is 0 Å². The zero-order valence-electron chi connectivity index (χ0n) is 10.6. The molecule has 2 rings (SSSR count). The van der Waals surface area contributed by atoms with Crippen molar-refractivity contribution in [2.75, 3.05) is 26.9 Å². The lowest BCUT2D eigenvalue weighted by atomic mass is 10.1. The van der Waals surface area contributed by atoms with Gasteiger partial charge in [-0.3, -0.25) is 0 Å². The zero-order chi connectivity index (χ0) is 13.9. The average molecular weight is 350 g/mol. The van der Waals surface area contributed by atoms with Gasteiger partial charge in [0.15, 0.2) is 0 Å². The van der Waals surface area contributed by atoms with Crippen LogP contribution in [0.25, 0.3) is 0 Å². The Hall–Kier alpha value is -0.630. The molecular formula is C12H16BrNO4S. The highest BCUT2D eigenvalue weighted by Crippen LogP contribution is 2.27. The van der Waals surface area contributed by atoms with Crippen LogP contribution >= 0.6 is 15.9 Å². The van der Waals surface area contributed by atoms with E-state index in [1.165, 1.54) is 19.2 Å². The van der Waals surface area contributed by atoms with Crippen LogP contribution in [0.2, 0.25) is 0 Å². The van der Waals surface area contributed by atoms with E-state index in [9.17, 15) is 8.42 Å². The number of hydrogen-bond acceptors (Lipinski definition) is 4. The van der Waals surface area contributed by atoms with Crippen LogP contribution in [0.1, 0.15) is 6.42 Å². The zero-order valence-corrected chi connectivity index (χ0v) is 13.0. The Bertz CT molecular complexity index is 541. The molecule has 0 spiro atoms. The van der Waals surface area contributed by atoms with Gasteiger partial charge in [0.25, 0.3) is 0 Å². The minimum atomic E-state index is -3.49. The summed E-state index contributed by atoms with van der Waals surface area (Å²) >= 11 is 3.28. The molecule has 1 aromatic rings. The number of sulfonamides is 1. The molecule has 0 bridgehead atoms. The number of methoxy groups -OCH3 is 1. The summed E-state index contributed by atoms with van der Waals surface area (Å²) in [5.74, 6) is 0.861. The van der Waals surface area contributed by atoms with Gasteiger partial charge in [-0.15, -0.1) is 0 Å². The molecule has 0 radical (unpaired) electrons. The second-order valence-corrected chi connectivity index (χ2v) is 7.00. The molecule has 1 heterocycles. The summed E-state index contributed by atoms with van der Waals surface area (Å²) in [5, 5.41) is 0. The molecule has 1 saturated heterocycles. The highest BCUT2D eigenvalue weighted by atomic mass is 79.9. The lowest BCUT2D eigenvalue weighted by molar-refractivity contribution is 0.186. The minimum Gasteiger partial charge on any atom is -0.496 e. The Morgan fingerprint density at radius 1 is 1.53 bits per heavy atom. The van der Waals surface area contributed by atoms with E-state index in [0.717, 1.165) is 6.42 Å². The van der Waals surface area contributed by atoms with Crippen molar-refractivity contribution >= 4 is 26.0 Å². The fourth-order valence-electron chi connectivity index (χ4n) is 1.87. The molecule has 0 aromatic heterocycles. The highest BCUT2D eigenvalue weighted by Gasteiger charge is 2.20. The Kier molecular flexibility index (Phi) is 4.83. The summed E-state index contributed by atoms with van der Waals surface area (Å²) in [7, 11) is -1.95. The molecule has 1 N–H and O–H groups in total. The van der Waals surface area contributed by atoms with Gasteiger partial charge in [0.05, 0.1) is 23.1 Å². The number of halogens is 1. The van der Waals surface area contributed by atoms with E-state index in [1.54, 1.807) is 6.07 Å². The van der Waals surface area contributed by atoms with Crippen LogP contribution in [0.5, 0.6) is 5.75 Å². The minimum absolute atomic E-state index is 0.221. The second kappa shape index (κ2) is 6.21. The van der Waals surface area contributed by atoms with Gasteiger partial charge in [-0.05, 0) is 46.5 Å². The van der Waals surface area contributed by atoms with Crippen LogP contribution in [-0.2, 0) is 14.8 Å². The van der Waals surface area contributed by atoms with Gasteiger partial charge < -0.3 is 9.47 Å². The largest absolute Gasteiger partial charge is 0.496 e. The van der Waals surface area contributed by atoms with Gasteiger partial charge in [0.1, 0.15) is 5.75 Å². The average Bonchev–Trinajstić information content (AvgIpc) is 2.89. The highest BCUT2D eigenvalue weighted by molar-refractivity contribution is 9.10. The quantitative estimate of drug-likeness (QED) is 0.879. The third-order valence-electron chi connectivity index (χ3n) is 3.02. The summed E-state index contributed by atoms with van der Waals surface area (Å²) in [5.41, 5.74) is 0. The van der Waals surface area contributed by atoms with Gasteiger partial charge in [0.2, 0.25) is 10.0 Å². The van der Waals surface area contributed by atoms with Crippen molar-refractivity contribution in [3.05, 3.63) is 22.7 Å². The van der Waals surface area contributed by atoms with Crippen molar-refractivity contribution in [2.24, 2.45) is 5.92 Å². The maximum Gasteiger partial charge on any atom is 0.240 e. The van der Waals surface area contributed by atoms with Crippen LogP contribution in [0.4, 0.5) is 0 Å². The van der Waals surface area contributed by atoms with E-state index in [1.807, 2.05) is 0 Å². The van der Waals surface area contributed by atoms with Crippen molar-refractivity contribution in [1.82, 2.24) is 4.72 Å². The van der Waals surface area contributed by atoms with E-state index in [4.69, 9.17) is 9.47 Å². The van der Waals surface area contributed by atoms with Crippen molar-refractivity contribution in [2.45, 2.75) is 11.3 Å². The monoisotopic (exact) mass is 349 g/mol. The van der Waals surface area contributed by atoms with E-state index in [0.29, 0.717) is 30.0 Å². The van der Waals surface area contributed by atoms with Crippen LogP contribution in [0.3, 0.4) is 0 Å². The molecular weight excluding hydrogens is 334 g/mol. The van der Waals surface area contributed by atoms with Crippen LogP contribution in [0, 0.1) is 5.92 Å². The summed E-state index contributed by atoms with van der Waals surface area (Å²) in [6, 6.07) is 4.68. The Morgan fingerprint density at radius 2 is 2.32 bits per heavy atom. The number of benzene rings is 1. The Balaban J connectivity index is 2.08. The van der Waals surface area contributed by atoms with Crippen LogP contribution < -0.4 is 9.46 Å². The topological polar surface area (TPSA) is 64.6 Å². The Labute approximate surface area is 121 Å². The van der Waals surface area contributed by atoms with Crippen molar-refractivity contribution in [1.29, 1.82) is 0 Å². The molecule has 1 aliphatic rings. The molecule has 0 amide bonds. The number of ether oxygens (including phenoxy) is 2. The molecule has 7 heteroatoms. The molecule has 1 aromatic carbocycles. The van der Waals surface area contributed by atoms with Gasteiger partial charge in [-0.2, -0.15) is 0 Å². The molecule has 1 atom stereocenters. The maximum atomic E-state index is 12.1. The smallest absolute Gasteiger partial charge is 0.240 e. The summed E-state index contributed by atoms with van der Waals surface area (Å²) in [4.78, 5) is 0.221. The van der Waals surface area contributed by atoms with Crippen molar-refractivity contribution < 1.29 is 17.9 Å². The lowest BCUT2D eigenvalue weighted by Gasteiger charge is -2.11. The predicted molar refractivity (Wildman–Crippen MR) is 74.8 cm³/mol. The normalized spacial score (nSPS) is 19.6. The first-order valence-electron chi connectivity index (χ1n) is 5.94. The third kappa shape index (κ3) is 3.68. The molecule has 19 heavy (non-hydrogen) atoms. The molecule has 1 aliphatic heterocycles. The molecule has 0 saturated carbocycles. The standard InChI is InChI=1S/C12H16BrNO4S/c1-17-12-3-2-10(6-11(12)13)19(15,16)14-7-9-4-5-18-8-9/h2-3,6,9,14H,4-5,7-8H2,1H3. The van der Waals surface area contributed by atoms with E-state index < -0.39 is 10.0 Å². The maximum absolute atomic E-state index is 12.1. The van der Waals surface area contributed by atoms with Gasteiger partial charge >= 0.3 is 0 Å². The van der Waals surface area contributed by atoms with E-state index in [2.05, 4.69) is 20.7 Å². The van der Waals surface area contributed by atoms with Crippen LogP contribution in [-0.4, -0.2) is 35.3 Å². The fourth-order valence-corrected chi connectivity index (χ4v) is 3.70. The van der Waals surface area contributed by atoms with E-state index >= 15 is 0 Å². The molecule has 0 aliphatic carbocycles. The Morgan fingerprint density at radius 3 is 2.89 bits per heavy atom. The molecule has 1 unspecified atom stereocenters. The second-order valence-electron chi connectivity index (χ2n) is 4.38. The number of hydrogen-bond donors (Lipinski definition) is 1. The van der Waals surface area contributed by atoms with Gasteiger partial charge in [0, 0.05) is 13.2 Å². The first kappa shape index (κ1) is 14.8. The first-order chi connectivity index (χ1) is 9.03. The summed E-state index contributed by atoms with van der Waals surface area (Å²) < 4.78 is 37.8. The van der Waals surface area contributed by atoms with Crippen molar-refractivity contribution in [3.8, 4) is 5.75 Å². The predicted octanol–water partition coefficient (Wildman–Crippen LogP) is 1.77. The SMILES string of the molecule is COc1ccc(S(=O)(=O)NCC2CCOC2)cc1Br. The van der Waals surface area contributed by atoms with Crippen molar-refractivity contribution in [3.63, 3.8) is 0 Å². The molecule has 1 fully saturated rings. The fraction of sp³-hybridized carbons (Fsp3) is 0.500. The number of rotatable bonds is 5. The lowest BCUT2D eigenvalue weighted by Crippen LogP contribution is -2.29. The molecule has 106 valence electrons. The third-order valence-corrected chi connectivity index (χ3v) is 5.06. The van der Waals surface area contributed by atoms with E-state index in [-0.39, 0.29) is 10.8 Å². The summed E-state index contributed by atoms with van der Waals surface area (Å²) in [6.45, 7) is 1.74. The van der Waals surface area contributed by atoms with Gasteiger partial charge in [-0.25, -0.2) is 13.1 Å². The molecule has 5 nitrogen and oxygen atoms in total. The van der Waals surface area contributed by atoms with Crippen LogP contribution in [0.15, 0.2) is 27.6 Å². The number of nitrogens with one attached hydrogen (secondary N) is 1. The first-order valence-corrected chi connectivity index (χ1v) is 8.21.